The predicted octanol–water partition coefficient (Wildman–Crippen LogP) is 3.06. The van der Waals surface area contributed by atoms with Gasteiger partial charge in [-0.3, -0.25) is 4.79 Å². The largest absolute Gasteiger partial charge is 0.495 e. The molecule has 1 unspecified atom stereocenters. The summed E-state index contributed by atoms with van der Waals surface area (Å²) >= 11 is 6.11. The number of amides is 1. The lowest BCUT2D eigenvalue weighted by Gasteiger charge is -2.34. The maximum Gasteiger partial charge on any atom is 0.243 e. The maximum absolute atomic E-state index is 12.9. The fraction of sp³-hybridized carbons (Fsp3) is 0.316. The molecule has 27 heavy (non-hydrogen) atoms. The van der Waals surface area contributed by atoms with Gasteiger partial charge in [0.15, 0.2) is 0 Å². The molecule has 3 rings (SSSR count). The van der Waals surface area contributed by atoms with Gasteiger partial charge in [0.2, 0.25) is 15.9 Å². The van der Waals surface area contributed by atoms with E-state index in [9.17, 15) is 13.2 Å². The summed E-state index contributed by atoms with van der Waals surface area (Å²) < 4.78 is 31.5. The van der Waals surface area contributed by atoms with Gasteiger partial charge < -0.3 is 10.1 Å². The minimum Gasteiger partial charge on any atom is -0.495 e. The molecule has 1 atom stereocenters. The Morgan fingerprint density at radius 3 is 2.59 bits per heavy atom. The van der Waals surface area contributed by atoms with Gasteiger partial charge in [0, 0.05) is 12.2 Å². The van der Waals surface area contributed by atoms with E-state index in [2.05, 4.69) is 5.32 Å². The normalized spacial score (nSPS) is 17.2. The van der Waals surface area contributed by atoms with Crippen LogP contribution in [0, 0.1) is 0 Å². The van der Waals surface area contributed by atoms with E-state index in [-0.39, 0.29) is 18.2 Å². The standard InChI is InChI=1S/C19H21ClN2O4S/c1-3-27(24,25)22-12-14-7-5-4-6-13(14)10-17(22)19(23)21-15-8-9-18(26-2)16(20)11-15/h4-9,11,17H,3,10,12H2,1-2H3,(H,21,23). The van der Waals surface area contributed by atoms with Crippen molar-refractivity contribution in [2.75, 3.05) is 18.2 Å². The van der Waals surface area contributed by atoms with Crippen LogP contribution in [-0.4, -0.2) is 37.5 Å². The first-order valence-electron chi connectivity index (χ1n) is 8.56. The molecule has 144 valence electrons. The molecule has 8 heteroatoms. The van der Waals surface area contributed by atoms with Gasteiger partial charge in [-0.25, -0.2) is 8.42 Å². The lowest BCUT2D eigenvalue weighted by molar-refractivity contribution is -0.120. The van der Waals surface area contributed by atoms with E-state index in [0.717, 1.165) is 11.1 Å². The van der Waals surface area contributed by atoms with Crippen LogP contribution in [0.5, 0.6) is 5.75 Å². The Kier molecular flexibility index (Phi) is 5.74. The lowest BCUT2D eigenvalue weighted by Crippen LogP contribution is -2.51. The molecule has 0 radical (unpaired) electrons. The highest BCUT2D eigenvalue weighted by molar-refractivity contribution is 7.89. The number of carbonyl (C=O) groups is 1. The number of sulfonamides is 1. The number of nitrogens with one attached hydrogen (secondary N) is 1. The molecule has 0 saturated heterocycles. The second kappa shape index (κ2) is 7.88. The molecule has 1 heterocycles. The van der Waals surface area contributed by atoms with Crippen molar-refractivity contribution < 1.29 is 17.9 Å². The molecule has 1 N–H and O–H groups in total. The molecule has 0 bridgehead atoms. The molecule has 2 aromatic carbocycles. The molecule has 2 aromatic rings. The van der Waals surface area contributed by atoms with Crippen LogP contribution < -0.4 is 10.1 Å². The Bertz CT molecular complexity index is 962. The molecular formula is C19H21ClN2O4S. The highest BCUT2D eigenvalue weighted by atomic mass is 35.5. The summed E-state index contributed by atoms with van der Waals surface area (Å²) in [6, 6.07) is 11.7. The Morgan fingerprint density at radius 2 is 1.96 bits per heavy atom. The zero-order valence-electron chi connectivity index (χ0n) is 15.1. The second-order valence-electron chi connectivity index (χ2n) is 6.27. The molecule has 0 aromatic heterocycles. The first-order valence-corrected chi connectivity index (χ1v) is 10.5. The zero-order chi connectivity index (χ0) is 19.6. The third-order valence-corrected chi connectivity index (χ3v) is 6.77. The van der Waals surface area contributed by atoms with Crippen LogP contribution in [0.25, 0.3) is 0 Å². The predicted molar refractivity (Wildman–Crippen MR) is 106 cm³/mol. The van der Waals surface area contributed by atoms with Crippen molar-refractivity contribution in [1.82, 2.24) is 4.31 Å². The molecule has 6 nitrogen and oxygen atoms in total. The number of hydrogen-bond acceptors (Lipinski definition) is 4. The van der Waals surface area contributed by atoms with E-state index < -0.39 is 16.1 Å². The number of carbonyl (C=O) groups excluding carboxylic acids is 1. The van der Waals surface area contributed by atoms with E-state index in [1.165, 1.54) is 11.4 Å². The van der Waals surface area contributed by atoms with E-state index in [1.54, 1.807) is 25.1 Å². The first-order chi connectivity index (χ1) is 12.9. The SMILES string of the molecule is CCS(=O)(=O)N1Cc2ccccc2CC1C(=O)Nc1ccc(OC)c(Cl)c1. The molecule has 1 aliphatic heterocycles. The van der Waals surface area contributed by atoms with Gasteiger partial charge in [0.05, 0.1) is 17.9 Å². The zero-order valence-corrected chi connectivity index (χ0v) is 16.7. The van der Waals surface area contributed by atoms with Crippen LogP contribution in [0.1, 0.15) is 18.1 Å². The minimum absolute atomic E-state index is 0.0622. The Morgan fingerprint density at radius 1 is 1.26 bits per heavy atom. The Hall–Kier alpha value is -2.09. The van der Waals surface area contributed by atoms with Crippen LogP contribution in [0.15, 0.2) is 42.5 Å². The van der Waals surface area contributed by atoms with Crippen molar-refractivity contribution in [2.45, 2.75) is 25.9 Å². The van der Waals surface area contributed by atoms with Crippen molar-refractivity contribution in [3.63, 3.8) is 0 Å². The van der Waals surface area contributed by atoms with Gasteiger partial charge in [0.25, 0.3) is 0 Å². The molecule has 0 fully saturated rings. The van der Waals surface area contributed by atoms with Crippen LogP contribution in [0.3, 0.4) is 0 Å². The number of ether oxygens (including phenoxy) is 1. The topological polar surface area (TPSA) is 75.7 Å². The summed E-state index contributed by atoms with van der Waals surface area (Å²) in [4.78, 5) is 12.9. The van der Waals surface area contributed by atoms with Crippen molar-refractivity contribution >= 4 is 33.2 Å². The highest BCUT2D eigenvalue weighted by Gasteiger charge is 2.37. The lowest BCUT2D eigenvalue weighted by atomic mass is 9.95. The van der Waals surface area contributed by atoms with Crippen molar-refractivity contribution in [2.24, 2.45) is 0 Å². The molecule has 1 aliphatic rings. The van der Waals surface area contributed by atoms with Crippen molar-refractivity contribution in [3.05, 3.63) is 58.6 Å². The fourth-order valence-electron chi connectivity index (χ4n) is 3.15. The molecular weight excluding hydrogens is 388 g/mol. The van der Waals surface area contributed by atoms with Crippen LogP contribution >= 0.6 is 11.6 Å². The summed E-state index contributed by atoms with van der Waals surface area (Å²) in [7, 11) is -2.04. The second-order valence-corrected chi connectivity index (χ2v) is 8.89. The quantitative estimate of drug-likeness (QED) is 0.824. The number of fused-ring (bicyclic) bond motifs is 1. The first kappa shape index (κ1) is 19.7. The summed E-state index contributed by atoms with van der Waals surface area (Å²) in [6.45, 7) is 1.77. The summed E-state index contributed by atoms with van der Waals surface area (Å²) in [5.41, 5.74) is 2.39. The van der Waals surface area contributed by atoms with Crippen LogP contribution in [0.4, 0.5) is 5.69 Å². The number of methoxy groups -OCH3 is 1. The number of rotatable bonds is 5. The number of halogens is 1. The number of nitrogens with zero attached hydrogens (tertiary/aromatic N) is 1. The third kappa shape index (κ3) is 4.10. The number of hydrogen-bond donors (Lipinski definition) is 1. The molecule has 1 amide bonds. The summed E-state index contributed by atoms with van der Waals surface area (Å²) in [5, 5.41) is 3.14. The summed E-state index contributed by atoms with van der Waals surface area (Å²) in [5.74, 6) is 0.0482. The third-order valence-electron chi connectivity index (χ3n) is 4.65. The Labute approximate surface area is 164 Å². The van der Waals surface area contributed by atoms with Gasteiger partial charge >= 0.3 is 0 Å². The molecule has 0 aliphatic carbocycles. The van der Waals surface area contributed by atoms with Gasteiger partial charge in [-0.05, 0) is 42.7 Å². The maximum atomic E-state index is 12.9. The van der Waals surface area contributed by atoms with Gasteiger partial charge in [-0.1, -0.05) is 35.9 Å². The minimum atomic E-state index is -3.54. The van der Waals surface area contributed by atoms with Crippen molar-refractivity contribution in [1.29, 1.82) is 0 Å². The van der Waals surface area contributed by atoms with E-state index >= 15 is 0 Å². The van der Waals surface area contributed by atoms with Gasteiger partial charge in [-0.15, -0.1) is 0 Å². The average Bonchev–Trinajstić information content (AvgIpc) is 2.67. The highest BCUT2D eigenvalue weighted by Crippen LogP contribution is 2.29. The molecule has 0 spiro atoms. The van der Waals surface area contributed by atoms with E-state index in [4.69, 9.17) is 16.3 Å². The number of anilines is 1. The van der Waals surface area contributed by atoms with Crippen LogP contribution in [0.2, 0.25) is 5.02 Å². The monoisotopic (exact) mass is 408 g/mol. The number of benzene rings is 2. The van der Waals surface area contributed by atoms with Crippen LogP contribution in [-0.2, 0) is 27.8 Å². The van der Waals surface area contributed by atoms with Gasteiger partial charge in [-0.2, -0.15) is 4.31 Å². The average molecular weight is 409 g/mol. The fourth-order valence-corrected chi connectivity index (χ4v) is 4.63. The smallest absolute Gasteiger partial charge is 0.243 e. The Balaban J connectivity index is 1.89. The summed E-state index contributed by atoms with van der Waals surface area (Å²) in [6.07, 6.45) is 0.325. The van der Waals surface area contributed by atoms with E-state index in [0.29, 0.717) is 22.9 Å². The van der Waals surface area contributed by atoms with Crippen molar-refractivity contribution in [3.8, 4) is 5.75 Å². The molecule has 0 saturated carbocycles. The van der Waals surface area contributed by atoms with Gasteiger partial charge in [0.1, 0.15) is 11.8 Å². The van der Waals surface area contributed by atoms with E-state index in [1.807, 2.05) is 24.3 Å².